The van der Waals surface area contributed by atoms with Crippen molar-refractivity contribution in [1.82, 2.24) is 0 Å². The lowest BCUT2D eigenvalue weighted by Gasteiger charge is -2.21. The van der Waals surface area contributed by atoms with Gasteiger partial charge in [-0.1, -0.05) is 306 Å². The van der Waals surface area contributed by atoms with E-state index < -0.39 is 97.5 Å². The van der Waals surface area contributed by atoms with Crippen LogP contribution in [0.3, 0.4) is 0 Å². The van der Waals surface area contributed by atoms with E-state index in [-0.39, 0.29) is 25.7 Å². The molecule has 0 aliphatic heterocycles. The third-order valence-electron chi connectivity index (χ3n) is 17.7. The molecule has 0 saturated carbocycles. The van der Waals surface area contributed by atoms with Gasteiger partial charge in [-0.15, -0.1) is 0 Å². The number of hydrogen-bond acceptors (Lipinski definition) is 15. The standard InChI is InChI=1S/C72H140O17P2/c1-9-63(6)49-41-33-24-22-20-18-16-14-12-13-15-17-19-21-23-25-38-46-54-71(76)88-67(58-82-69(74)52-44-36-30-27-34-42-50-64(7)10-2)60-86-90(78,79)84-56-66(73)57-85-91(80,81)87-61-68(89-72(77)55-47-39-29-26-32-40-48-62(4)5)59-83-70(75)53-45-37-31-28-35-43-51-65(8)11-3/h62-68,73H,9-61H2,1-8H3,(H,78,79)(H,80,81)/t63?,64?,65?,66-,67-,68-/m1/s1. The molecule has 5 unspecified atom stereocenters. The first-order valence-electron chi connectivity index (χ1n) is 37.3. The summed E-state index contributed by atoms with van der Waals surface area (Å²) in [6, 6.07) is 0. The van der Waals surface area contributed by atoms with Gasteiger partial charge in [0, 0.05) is 25.7 Å². The van der Waals surface area contributed by atoms with Gasteiger partial charge in [-0.3, -0.25) is 37.3 Å². The number of carbonyl (C=O) groups is 4. The molecule has 0 radical (unpaired) electrons. The van der Waals surface area contributed by atoms with E-state index >= 15 is 0 Å². The highest BCUT2D eigenvalue weighted by molar-refractivity contribution is 7.47. The Labute approximate surface area is 556 Å². The zero-order valence-corrected chi connectivity index (χ0v) is 61.3. The second kappa shape index (κ2) is 61.6. The number of esters is 4. The van der Waals surface area contributed by atoms with E-state index in [1.807, 2.05) is 0 Å². The minimum atomic E-state index is -4.95. The maximum atomic E-state index is 13.0. The fraction of sp³-hybridized carbons (Fsp3) is 0.944. The molecule has 0 fully saturated rings. The van der Waals surface area contributed by atoms with Crippen LogP contribution in [0, 0.1) is 23.7 Å². The van der Waals surface area contributed by atoms with Gasteiger partial charge in [0.2, 0.25) is 0 Å². The molecule has 91 heavy (non-hydrogen) atoms. The molecule has 0 aliphatic rings. The van der Waals surface area contributed by atoms with Crippen molar-refractivity contribution in [3.8, 4) is 0 Å². The number of phosphoric acid groups is 2. The van der Waals surface area contributed by atoms with E-state index in [0.29, 0.717) is 31.6 Å². The molecule has 17 nitrogen and oxygen atoms in total. The topological polar surface area (TPSA) is 237 Å². The molecule has 540 valence electrons. The highest BCUT2D eigenvalue weighted by atomic mass is 31.2. The van der Waals surface area contributed by atoms with Crippen LogP contribution in [-0.4, -0.2) is 96.7 Å². The van der Waals surface area contributed by atoms with Crippen LogP contribution in [0.5, 0.6) is 0 Å². The number of ether oxygens (including phenoxy) is 4. The first-order valence-corrected chi connectivity index (χ1v) is 40.3. The van der Waals surface area contributed by atoms with E-state index in [1.165, 1.54) is 148 Å². The Morgan fingerprint density at radius 3 is 0.780 bits per heavy atom. The number of aliphatic hydroxyl groups is 1. The van der Waals surface area contributed by atoms with Gasteiger partial charge in [-0.25, -0.2) is 9.13 Å². The van der Waals surface area contributed by atoms with Crippen LogP contribution >= 0.6 is 15.6 Å². The maximum Gasteiger partial charge on any atom is 0.472 e. The van der Waals surface area contributed by atoms with E-state index in [9.17, 15) is 43.2 Å². The second-order valence-corrected chi connectivity index (χ2v) is 30.1. The summed E-state index contributed by atoms with van der Waals surface area (Å²) in [6.07, 6.45) is 44.8. The van der Waals surface area contributed by atoms with Crippen molar-refractivity contribution in [3.05, 3.63) is 0 Å². The largest absolute Gasteiger partial charge is 0.472 e. The van der Waals surface area contributed by atoms with E-state index in [0.717, 1.165) is 120 Å². The second-order valence-electron chi connectivity index (χ2n) is 27.2. The number of hydrogen-bond donors (Lipinski definition) is 3. The summed E-state index contributed by atoms with van der Waals surface area (Å²) in [5.74, 6) is 0.867. The first-order chi connectivity index (χ1) is 43.7. The molecule has 0 aromatic rings. The molecule has 0 saturated heterocycles. The number of rotatable bonds is 69. The van der Waals surface area contributed by atoms with Gasteiger partial charge in [0.1, 0.15) is 19.3 Å². The molecule has 0 rings (SSSR count). The van der Waals surface area contributed by atoms with E-state index in [2.05, 4.69) is 55.4 Å². The molecular weight excluding hydrogens is 1200 g/mol. The van der Waals surface area contributed by atoms with Crippen LogP contribution in [0.25, 0.3) is 0 Å². The highest BCUT2D eigenvalue weighted by Gasteiger charge is 2.30. The Morgan fingerprint density at radius 2 is 0.527 bits per heavy atom. The summed E-state index contributed by atoms with van der Waals surface area (Å²) in [5.41, 5.74) is 0. The molecule has 0 heterocycles. The maximum absolute atomic E-state index is 13.0. The third kappa shape index (κ3) is 62.6. The molecule has 19 heteroatoms. The van der Waals surface area contributed by atoms with Crippen LogP contribution in [0.4, 0.5) is 0 Å². The average molecular weight is 1340 g/mol. The van der Waals surface area contributed by atoms with Crippen LogP contribution in [0.2, 0.25) is 0 Å². The first kappa shape index (κ1) is 89.1. The van der Waals surface area contributed by atoms with Gasteiger partial charge in [0.25, 0.3) is 0 Å². The lowest BCUT2D eigenvalue weighted by molar-refractivity contribution is -0.161. The van der Waals surface area contributed by atoms with Gasteiger partial charge >= 0.3 is 39.5 Å². The summed E-state index contributed by atoms with van der Waals surface area (Å²) >= 11 is 0. The molecule has 8 atom stereocenters. The van der Waals surface area contributed by atoms with Crippen molar-refractivity contribution >= 4 is 39.5 Å². The molecule has 3 N–H and O–H groups in total. The molecule has 0 aromatic heterocycles. The normalized spacial score (nSPS) is 15.1. The van der Waals surface area contributed by atoms with Crippen molar-refractivity contribution in [3.63, 3.8) is 0 Å². The van der Waals surface area contributed by atoms with Crippen LogP contribution < -0.4 is 0 Å². The lowest BCUT2D eigenvalue weighted by Crippen LogP contribution is -2.30. The zero-order chi connectivity index (χ0) is 67.5. The number of aliphatic hydroxyl groups excluding tert-OH is 1. The molecule has 0 aromatic carbocycles. The molecular formula is C72H140O17P2. The summed E-state index contributed by atoms with van der Waals surface area (Å²) in [4.78, 5) is 72.5. The van der Waals surface area contributed by atoms with Crippen molar-refractivity contribution in [2.75, 3.05) is 39.6 Å². The zero-order valence-electron chi connectivity index (χ0n) is 59.5. The Hall–Kier alpha value is -1.94. The fourth-order valence-electron chi connectivity index (χ4n) is 10.7. The smallest absolute Gasteiger partial charge is 0.462 e. The quantitative estimate of drug-likeness (QED) is 0.0222. The fourth-order valence-corrected chi connectivity index (χ4v) is 12.3. The Morgan fingerprint density at radius 1 is 0.308 bits per heavy atom. The highest BCUT2D eigenvalue weighted by Crippen LogP contribution is 2.45. The number of phosphoric ester groups is 2. The van der Waals surface area contributed by atoms with Crippen molar-refractivity contribution in [2.24, 2.45) is 23.7 Å². The number of unbranched alkanes of at least 4 members (excludes halogenated alkanes) is 32. The summed E-state index contributed by atoms with van der Waals surface area (Å²) < 4.78 is 68.2. The molecule has 0 aliphatic carbocycles. The third-order valence-corrected chi connectivity index (χ3v) is 19.6. The molecule has 0 amide bonds. The van der Waals surface area contributed by atoms with Crippen molar-refractivity contribution in [1.29, 1.82) is 0 Å². The van der Waals surface area contributed by atoms with Gasteiger partial charge < -0.3 is 33.8 Å². The minimum Gasteiger partial charge on any atom is -0.462 e. The Balaban J connectivity index is 5.14. The van der Waals surface area contributed by atoms with E-state index in [1.54, 1.807) is 0 Å². The molecule has 0 bridgehead atoms. The van der Waals surface area contributed by atoms with Crippen LogP contribution in [0.15, 0.2) is 0 Å². The van der Waals surface area contributed by atoms with Crippen molar-refractivity contribution < 1.29 is 80.2 Å². The average Bonchev–Trinajstić information content (AvgIpc) is 3.73. The van der Waals surface area contributed by atoms with Gasteiger partial charge in [0.05, 0.1) is 26.4 Å². The predicted molar refractivity (Wildman–Crippen MR) is 367 cm³/mol. The van der Waals surface area contributed by atoms with Crippen molar-refractivity contribution in [2.45, 2.75) is 375 Å². The summed E-state index contributed by atoms with van der Waals surface area (Å²) in [7, 11) is -9.90. The summed E-state index contributed by atoms with van der Waals surface area (Å²) in [5, 5.41) is 10.6. The SMILES string of the molecule is CCC(C)CCCCCCCCCCCCCCCCCCCCC(=O)O[C@H](COC(=O)CCCCCCCCC(C)CC)COP(=O)(O)OC[C@@H](O)COP(=O)(O)OC[C@@H](COC(=O)CCCCCCCCC(C)CC)OC(=O)CCCCCCCCC(C)C. The van der Waals surface area contributed by atoms with Crippen LogP contribution in [-0.2, 0) is 65.4 Å². The number of carbonyl (C=O) groups excluding carboxylic acids is 4. The van der Waals surface area contributed by atoms with Gasteiger partial charge in [-0.2, -0.15) is 0 Å². The Kier molecular flexibility index (Phi) is 60.3. The lowest BCUT2D eigenvalue weighted by atomic mass is 9.99. The predicted octanol–water partition coefficient (Wildman–Crippen LogP) is 20.5. The van der Waals surface area contributed by atoms with Gasteiger partial charge in [0.15, 0.2) is 12.2 Å². The van der Waals surface area contributed by atoms with Gasteiger partial charge in [-0.05, 0) is 49.4 Å². The van der Waals surface area contributed by atoms with Crippen LogP contribution in [0.1, 0.15) is 357 Å². The summed E-state index contributed by atoms with van der Waals surface area (Å²) in [6.45, 7) is 14.0. The Bertz CT molecular complexity index is 1800. The minimum absolute atomic E-state index is 0.101. The monoisotopic (exact) mass is 1340 g/mol. The molecule has 0 spiro atoms. The van der Waals surface area contributed by atoms with E-state index in [4.69, 9.17) is 37.0 Å².